The predicted octanol–water partition coefficient (Wildman–Crippen LogP) is 2.02. The van der Waals surface area contributed by atoms with Crippen LogP contribution < -0.4 is 4.74 Å². The molecule has 0 fully saturated rings. The maximum absolute atomic E-state index is 8.59. The Kier molecular flexibility index (Phi) is 4.33. The maximum Gasteiger partial charge on any atom is 0.118 e. The molecule has 0 aromatic heterocycles. The lowest BCUT2D eigenvalue weighted by Crippen LogP contribution is -1.87. The van der Waals surface area contributed by atoms with Crippen LogP contribution in [0.15, 0.2) is 24.3 Å². The molecule has 1 radical (unpaired) electrons. The summed E-state index contributed by atoms with van der Waals surface area (Å²) in [7, 11) is 1.66. The van der Waals surface area contributed by atoms with Crippen molar-refractivity contribution in [1.82, 2.24) is 0 Å². The minimum absolute atomic E-state index is 0.257. The van der Waals surface area contributed by atoms with Crippen molar-refractivity contribution in [3.8, 4) is 5.75 Å². The summed E-state index contributed by atoms with van der Waals surface area (Å²) in [5.74, 6) is 0.874. The Balaban J connectivity index is 2.40. The van der Waals surface area contributed by atoms with E-state index in [1.165, 1.54) is 5.56 Å². The summed E-state index contributed by atoms with van der Waals surface area (Å²) in [5.41, 5.74) is 1.18. The van der Waals surface area contributed by atoms with Gasteiger partial charge < -0.3 is 9.84 Å². The van der Waals surface area contributed by atoms with Gasteiger partial charge in [0.05, 0.1) is 7.11 Å². The molecule has 0 unspecified atom stereocenters. The molecule has 2 nitrogen and oxygen atoms in total. The molecule has 1 rings (SSSR count). The van der Waals surface area contributed by atoms with Crippen LogP contribution in [0.25, 0.3) is 0 Å². The zero-order chi connectivity index (χ0) is 9.52. The van der Waals surface area contributed by atoms with E-state index in [1.807, 2.05) is 24.3 Å². The number of aliphatic hydroxyl groups excluding tert-OH is 1. The van der Waals surface area contributed by atoms with Gasteiger partial charge in [0.25, 0.3) is 0 Å². The minimum Gasteiger partial charge on any atom is -0.497 e. The molecule has 13 heavy (non-hydrogen) atoms. The van der Waals surface area contributed by atoms with Crippen molar-refractivity contribution < 1.29 is 9.84 Å². The molecule has 2 heteroatoms. The topological polar surface area (TPSA) is 29.5 Å². The molecule has 1 N–H and O–H groups in total. The smallest absolute Gasteiger partial charge is 0.118 e. The quantitative estimate of drug-likeness (QED) is 0.701. The average molecular weight is 179 g/mol. The molecular weight excluding hydrogens is 164 g/mol. The molecule has 1 aromatic rings. The van der Waals surface area contributed by atoms with Crippen molar-refractivity contribution in [3.05, 3.63) is 36.2 Å². The normalized spacial score (nSPS) is 10.0. The highest BCUT2D eigenvalue weighted by Crippen LogP contribution is 2.13. The Bertz CT molecular complexity index is 228. The van der Waals surface area contributed by atoms with Gasteiger partial charge >= 0.3 is 0 Å². The lowest BCUT2D eigenvalue weighted by molar-refractivity contribution is 0.288. The monoisotopic (exact) mass is 179 g/mol. The van der Waals surface area contributed by atoms with Gasteiger partial charge in [0, 0.05) is 6.61 Å². The summed E-state index contributed by atoms with van der Waals surface area (Å²) in [6, 6.07) is 7.89. The SMILES string of the molecule is COc1ccc([CH]CCCO)cc1. The minimum atomic E-state index is 0.257. The van der Waals surface area contributed by atoms with Gasteiger partial charge in [-0.2, -0.15) is 0 Å². The first-order chi connectivity index (χ1) is 6.36. The number of unbranched alkanes of at least 4 members (excludes halogenated alkanes) is 1. The van der Waals surface area contributed by atoms with Gasteiger partial charge in [-0.1, -0.05) is 12.1 Å². The van der Waals surface area contributed by atoms with Gasteiger partial charge in [-0.3, -0.25) is 0 Å². The molecule has 0 atom stereocenters. The van der Waals surface area contributed by atoms with E-state index >= 15 is 0 Å². The largest absolute Gasteiger partial charge is 0.497 e. The Hall–Kier alpha value is -1.02. The van der Waals surface area contributed by atoms with Crippen LogP contribution in [0.3, 0.4) is 0 Å². The second-order valence-electron chi connectivity index (χ2n) is 2.84. The highest BCUT2D eigenvalue weighted by molar-refractivity contribution is 5.30. The molecule has 0 bridgehead atoms. The third kappa shape index (κ3) is 3.47. The van der Waals surface area contributed by atoms with Gasteiger partial charge in [-0.15, -0.1) is 0 Å². The number of methoxy groups -OCH3 is 1. The highest BCUT2D eigenvalue weighted by atomic mass is 16.5. The zero-order valence-corrected chi connectivity index (χ0v) is 7.86. The molecule has 1 aromatic carbocycles. The van der Waals surface area contributed by atoms with E-state index in [0.717, 1.165) is 18.6 Å². The molecule has 0 spiro atoms. The van der Waals surface area contributed by atoms with Crippen molar-refractivity contribution >= 4 is 0 Å². The third-order valence-electron chi connectivity index (χ3n) is 1.86. The molecule has 0 aliphatic heterocycles. The fourth-order valence-electron chi connectivity index (χ4n) is 1.10. The van der Waals surface area contributed by atoms with E-state index in [9.17, 15) is 0 Å². The molecule has 0 heterocycles. The molecule has 0 aliphatic rings. The lowest BCUT2D eigenvalue weighted by Gasteiger charge is -2.02. The second-order valence-corrected chi connectivity index (χ2v) is 2.84. The van der Waals surface area contributed by atoms with E-state index in [0.29, 0.717) is 0 Å². The van der Waals surface area contributed by atoms with Gasteiger partial charge in [-0.25, -0.2) is 0 Å². The number of rotatable bonds is 5. The lowest BCUT2D eigenvalue weighted by atomic mass is 10.1. The number of benzene rings is 1. The van der Waals surface area contributed by atoms with Crippen LogP contribution in [0.2, 0.25) is 0 Å². The van der Waals surface area contributed by atoms with Crippen molar-refractivity contribution in [3.63, 3.8) is 0 Å². The standard InChI is InChI=1S/C11H15O2/c1-13-11-7-5-10(6-8-11)4-2-3-9-12/h4-8,12H,2-3,9H2,1H3. The van der Waals surface area contributed by atoms with Crippen molar-refractivity contribution in [1.29, 1.82) is 0 Å². The van der Waals surface area contributed by atoms with Gasteiger partial charge in [0.2, 0.25) is 0 Å². The number of ether oxygens (including phenoxy) is 1. The van der Waals surface area contributed by atoms with E-state index in [4.69, 9.17) is 9.84 Å². The van der Waals surface area contributed by atoms with E-state index in [-0.39, 0.29) is 6.61 Å². The molecule has 0 amide bonds. The highest BCUT2D eigenvalue weighted by Gasteiger charge is 1.94. The summed E-state index contributed by atoms with van der Waals surface area (Å²) in [6.07, 6.45) is 3.85. The fourth-order valence-corrected chi connectivity index (χ4v) is 1.10. The first-order valence-electron chi connectivity index (χ1n) is 4.45. The van der Waals surface area contributed by atoms with Crippen molar-refractivity contribution in [2.75, 3.05) is 13.7 Å². The first-order valence-corrected chi connectivity index (χ1v) is 4.45. The van der Waals surface area contributed by atoms with Gasteiger partial charge in [-0.05, 0) is 37.0 Å². The Morgan fingerprint density at radius 3 is 2.54 bits per heavy atom. The Morgan fingerprint density at radius 1 is 1.31 bits per heavy atom. The zero-order valence-electron chi connectivity index (χ0n) is 7.86. The van der Waals surface area contributed by atoms with Gasteiger partial charge in [0.15, 0.2) is 0 Å². The van der Waals surface area contributed by atoms with Crippen LogP contribution in [0.4, 0.5) is 0 Å². The maximum atomic E-state index is 8.59. The Morgan fingerprint density at radius 2 is 2.00 bits per heavy atom. The molecule has 71 valence electrons. The second kappa shape index (κ2) is 5.60. The molecule has 0 saturated carbocycles. The molecule has 0 saturated heterocycles. The van der Waals surface area contributed by atoms with Crippen LogP contribution >= 0.6 is 0 Å². The Labute approximate surface area is 79.2 Å². The fraction of sp³-hybridized carbons (Fsp3) is 0.364. The van der Waals surface area contributed by atoms with Crippen molar-refractivity contribution in [2.45, 2.75) is 12.8 Å². The van der Waals surface area contributed by atoms with E-state index in [1.54, 1.807) is 7.11 Å². The van der Waals surface area contributed by atoms with E-state index in [2.05, 4.69) is 6.42 Å². The summed E-state index contributed by atoms with van der Waals surface area (Å²) < 4.78 is 5.04. The number of hydrogen-bond donors (Lipinski definition) is 1. The van der Waals surface area contributed by atoms with Crippen LogP contribution in [0.5, 0.6) is 5.75 Å². The summed E-state index contributed by atoms with van der Waals surface area (Å²) in [4.78, 5) is 0. The predicted molar refractivity (Wildman–Crippen MR) is 52.7 cm³/mol. The van der Waals surface area contributed by atoms with Gasteiger partial charge in [0.1, 0.15) is 5.75 Å². The summed E-state index contributed by atoms with van der Waals surface area (Å²) in [6.45, 7) is 0.257. The van der Waals surface area contributed by atoms with Crippen LogP contribution in [0, 0.1) is 6.42 Å². The first kappa shape index (κ1) is 10.1. The summed E-state index contributed by atoms with van der Waals surface area (Å²) in [5, 5.41) is 8.59. The van der Waals surface area contributed by atoms with E-state index < -0.39 is 0 Å². The van der Waals surface area contributed by atoms with Crippen molar-refractivity contribution in [2.24, 2.45) is 0 Å². The molecule has 0 aliphatic carbocycles. The number of aliphatic hydroxyl groups is 1. The average Bonchev–Trinajstić information content (AvgIpc) is 2.19. The van der Waals surface area contributed by atoms with Crippen LogP contribution in [-0.2, 0) is 0 Å². The van der Waals surface area contributed by atoms with Crippen LogP contribution in [-0.4, -0.2) is 18.8 Å². The van der Waals surface area contributed by atoms with Crippen LogP contribution in [0.1, 0.15) is 18.4 Å². The number of hydrogen-bond acceptors (Lipinski definition) is 2. The molecular formula is C11H15O2. The summed E-state index contributed by atoms with van der Waals surface area (Å²) >= 11 is 0. The third-order valence-corrected chi connectivity index (χ3v) is 1.86.